The Labute approximate surface area is 220 Å². The van der Waals surface area contributed by atoms with E-state index in [0.717, 1.165) is 42.3 Å². The van der Waals surface area contributed by atoms with Gasteiger partial charge in [0.2, 0.25) is 7.14 Å². The van der Waals surface area contributed by atoms with Crippen molar-refractivity contribution < 1.29 is 57.2 Å². The second kappa shape index (κ2) is 13.1. The average Bonchev–Trinajstić information content (AvgIpc) is 2.88. The Kier molecular flexibility index (Phi) is 9.85. The van der Waals surface area contributed by atoms with Gasteiger partial charge in [0.15, 0.2) is 11.5 Å². The number of carbonyl (C=O) groups is 2. The van der Waals surface area contributed by atoms with Crippen LogP contribution in [0.4, 0.5) is 0 Å². The molecule has 0 heterocycles. The van der Waals surface area contributed by atoms with Gasteiger partial charge in [0.05, 0.1) is 0 Å². The Morgan fingerprint density at radius 3 is 1.38 bits per heavy atom. The maximum Gasteiger partial charge on any atom is 0.366 e. The molecular formula is C28H22BrIO4. The van der Waals surface area contributed by atoms with E-state index >= 15 is 0 Å². The van der Waals surface area contributed by atoms with Gasteiger partial charge in [-0.15, -0.1) is 0 Å². The summed E-state index contributed by atoms with van der Waals surface area (Å²) in [6.45, 7) is 0.869. The van der Waals surface area contributed by atoms with Gasteiger partial charge in [-0.05, 0) is 35.4 Å². The molecule has 4 nitrogen and oxygen atoms in total. The summed E-state index contributed by atoms with van der Waals surface area (Å²) in [4.78, 5) is 22.9. The third-order valence-electron chi connectivity index (χ3n) is 4.86. The van der Waals surface area contributed by atoms with Crippen molar-refractivity contribution in [3.05, 3.63) is 126 Å². The van der Waals surface area contributed by atoms with Crippen molar-refractivity contribution in [3.8, 4) is 11.5 Å². The minimum absolute atomic E-state index is 0. The standard InChI is InChI=1S/C28H22IO4.BrH/c30-17-23-11-13-27(32-19-21-7-3-1-4-8-21)25(15-23)29-26-16-24(18-31)12-14-28(26)33-20-22-9-5-2-6-10-22;/h1-18H,19-20H2;1H/q+1;/p-1. The first kappa shape index (κ1) is 25.6. The molecule has 0 bridgehead atoms. The molecule has 4 rings (SSSR count). The predicted molar refractivity (Wildman–Crippen MR) is 123 cm³/mol. The number of halogens is 2. The van der Waals surface area contributed by atoms with Crippen LogP contribution in [0.3, 0.4) is 0 Å². The summed E-state index contributed by atoms with van der Waals surface area (Å²) in [7, 11) is 0. The molecule has 0 saturated carbocycles. The van der Waals surface area contributed by atoms with Gasteiger partial charge in [-0.2, -0.15) is 0 Å². The molecule has 0 fully saturated rings. The number of benzene rings is 4. The topological polar surface area (TPSA) is 52.6 Å². The zero-order valence-electron chi connectivity index (χ0n) is 18.2. The Morgan fingerprint density at radius 1 is 0.588 bits per heavy atom. The lowest BCUT2D eigenvalue weighted by Crippen LogP contribution is -3.61. The zero-order valence-corrected chi connectivity index (χ0v) is 21.9. The summed E-state index contributed by atoms with van der Waals surface area (Å²) in [5, 5.41) is 0. The Bertz CT molecular complexity index is 1130. The van der Waals surface area contributed by atoms with Gasteiger partial charge in [0.1, 0.15) is 25.8 Å². The molecule has 172 valence electrons. The van der Waals surface area contributed by atoms with Gasteiger partial charge in [0, 0.05) is 23.3 Å². The summed E-state index contributed by atoms with van der Waals surface area (Å²) in [6.07, 6.45) is 1.67. The van der Waals surface area contributed by atoms with E-state index in [1.54, 1.807) is 12.1 Å². The summed E-state index contributed by atoms with van der Waals surface area (Å²) in [6, 6.07) is 30.8. The summed E-state index contributed by atoms with van der Waals surface area (Å²) < 4.78 is 14.2. The van der Waals surface area contributed by atoms with Gasteiger partial charge >= 0.3 is 21.2 Å². The highest BCUT2D eigenvalue weighted by molar-refractivity contribution is 5.75. The van der Waals surface area contributed by atoms with Crippen molar-refractivity contribution in [1.82, 2.24) is 0 Å². The second-order valence-corrected chi connectivity index (χ2v) is 10.1. The number of ether oxygens (including phenoxy) is 2. The van der Waals surface area contributed by atoms with Crippen LogP contribution in [0.15, 0.2) is 97.1 Å². The molecule has 0 aromatic heterocycles. The smallest absolute Gasteiger partial charge is 0.366 e. The van der Waals surface area contributed by atoms with Gasteiger partial charge < -0.3 is 26.5 Å². The molecule has 0 N–H and O–H groups in total. The first-order valence-electron chi connectivity index (χ1n) is 10.4. The first-order chi connectivity index (χ1) is 16.2. The van der Waals surface area contributed by atoms with Crippen LogP contribution in [0.25, 0.3) is 0 Å². The van der Waals surface area contributed by atoms with Crippen LogP contribution >= 0.6 is 0 Å². The van der Waals surface area contributed by atoms with Crippen LogP contribution < -0.4 is 47.7 Å². The van der Waals surface area contributed by atoms with E-state index < -0.39 is 21.2 Å². The van der Waals surface area contributed by atoms with Crippen LogP contribution in [0.5, 0.6) is 11.5 Å². The van der Waals surface area contributed by atoms with Crippen LogP contribution in [0.1, 0.15) is 31.8 Å². The van der Waals surface area contributed by atoms with E-state index in [9.17, 15) is 9.59 Å². The first-order valence-corrected chi connectivity index (χ1v) is 12.6. The highest BCUT2D eigenvalue weighted by Crippen LogP contribution is 2.17. The molecule has 4 aromatic rings. The van der Waals surface area contributed by atoms with E-state index in [-0.39, 0.29) is 17.0 Å². The fourth-order valence-corrected chi connectivity index (χ4v) is 6.00. The number of aldehydes is 2. The Morgan fingerprint density at radius 2 is 1.00 bits per heavy atom. The lowest BCUT2D eigenvalue weighted by Gasteiger charge is -2.09. The number of hydrogen-bond donors (Lipinski definition) is 0. The zero-order chi connectivity index (χ0) is 22.9. The van der Waals surface area contributed by atoms with E-state index in [0.29, 0.717) is 24.3 Å². The maximum atomic E-state index is 11.4. The van der Waals surface area contributed by atoms with Crippen LogP contribution in [-0.4, -0.2) is 12.6 Å². The molecule has 0 radical (unpaired) electrons. The molecule has 0 spiro atoms. The third kappa shape index (κ3) is 7.01. The fraction of sp³-hybridized carbons (Fsp3) is 0.0714. The molecule has 0 aliphatic rings. The molecule has 0 atom stereocenters. The fourth-order valence-electron chi connectivity index (χ4n) is 3.14. The number of hydrogen-bond acceptors (Lipinski definition) is 4. The normalized spacial score (nSPS) is 10.1. The van der Waals surface area contributed by atoms with Gasteiger partial charge in [0.25, 0.3) is 0 Å². The molecule has 0 aliphatic carbocycles. The molecule has 0 aliphatic heterocycles. The predicted octanol–water partition coefficient (Wildman–Crippen LogP) is -0.398. The molecule has 4 aromatic carbocycles. The molecular weight excluding hydrogens is 607 g/mol. The van der Waals surface area contributed by atoms with Gasteiger partial charge in [-0.3, -0.25) is 9.59 Å². The Balaban J connectivity index is 0.00000324. The minimum Gasteiger partial charge on any atom is -1.00 e. The number of rotatable bonds is 10. The second-order valence-electron chi connectivity index (χ2n) is 7.26. The van der Waals surface area contributed by atoms with Crippen LogP contribution in [-0.2, 0) is 13.2 Å². The third-order valence-corrected chi connectivity index (χ3v) is 7.71. The SMILES string of the molecule is O=Cc1ccc(OCc2ccccc2)c([I+]c2cc(C=O)ccc2OCc2ccccc2)c1.[Br-]. The number of carbonyl (C=O) groups excluding carboxylic acids is 2. The van der Waals surface area contributed by atoms with Crippen molar-refractivity contribution in [2.24, 2.45) is 0 Å². The van der Waals surface area contributed by atoms with E-state index in [1.807, 2.05) is 84.9 Å². The van der Waals surface area contributed by atoms with Gasteiger partial charge in [-0.25, -0.2) is 0 Å². The van der Waals surface area contributed by atoms with E-state index in [2.05, 4.69) is 0 Å². The van der Waals surface area contributed by atoms with Crippen molar-refractivity contribution in [3.63, 3.8) is 0 Å². The van der Waals surface area contributed by atoms with Crippen molar-refractivity contribution in [2.75, 3.05) is 0 Å². The maximum absolute atomic E-state index is 11.4. The quantitative estimate of drug-likeness (QED) is 0.177. The summed E-state index contributed by atoms with van der Waals surface area (Å²) in [5.74, 6) is 1.48. The highest BCUT2D eigenvalue weighted by Gasteiger charge is 2.27. The van der Waals surface area contributed by atoms with Crippen LogP contribution in [0, 0.1) is 7.14 Å². The van der Waals surface area contributed by atoms with E-state index in [1.165, 1.54) is 0 Å². The molecule has 0 unspecified atom stereocenters. The van der Waals surface area contributed by atoms with Crippen molar-refractivity contribution >= 4 is 12.6 Å². The Hall–Kier alpha value is -2.97. The summed E-state index contributed by atoms with van der Waals surface area (Å²) in [5.41, 5.74) is 3.32. The molecule has 0 amide bonds. The summed E-state index contributed by atoms with van der Waals surface area (Å²) >= 11 is -0.793. The highest BCUT2D eigenvalue weighted by atomic mass is 127. The molecule has 6 heteroatoms. The monoisotopic (exact) mass is 628 g/mol. The average molecular weight is 629 g/mol. The lowest BCUT2D eigenvalue weighted by atomic mass is 10.2. The van der Waals surface area contributed by atoms with E-state index in [4.69, 9.17) is 9.47 Å². The van der Waals surface area contributed by atoms with Crippen molar-refractivity contribution in [2.45, 2.75) is 13.2 Å². The lowest BCUT2D eigenvalue weighted by molar-refractivity contribution is -0.599. The van der Waals surface area contributed by atoms with Crippen molar-refractivity contribution in [1.29, 1.82) is 0 Å². The minimum atomic E-state index is -0.793. The largest absolute Gasteiger partial charge is 1.00 e. The molecule has 34 heavy (non-hydrogen) atoms. The van der Waals surface area contributed by atoms with Crippen LogP contribution in [0.2, 0.25) is 0 Å². The van der Waals surface area contributed by atoms with Gasteiger partial charge in [-0.1, -0.05) is 60.7 Å². The molecule has 0 saturated heterocycles.